The van der Waals surface area contributed by atoms with Crippen LogP contribution in [0.1, 0.15) is 297 Å². The molecule has 0 aromatic carbocycles. The Morgan fingerprint density at radius 3 is 0.830 bits per heavy atom. The highest BCUT2D eigenvalue weighted by Crippen LogP contribution is 2.45. The molecule has 0 spiro atoms. The number of carbonyl (C=O) groups excluding carboxylic acids is 4. The second-order valence-corrected chi connectivity index (χ2v) is 29.2. The van der Waals surface area contributed by atoms with Crippen molar-refractivity contribution in [1.82, 2.24) is 0 Å². The molecule has 0 rings (SSSR count). The number of aliphatic hydroxyl groups is 1. The summed E-state index contributed by atoms with van der Waals surface area (Å²) < 4.78 is 68.4. The van der Waals surface area contributed by atoms with Crippen molar-refractivity contribution in [3.8, 4) is 0 Å². The second-order valence-electron chi connectivity index (χ2n) is 26.3. The van der Waals surface area contributed by atoms with E-state index >= 15 is 0 Å². The van der Waals surface area contributed by atoms with Gasteiger partial charge in [-0.25, -0.2) is 9.13 Å². The van der Waals surface area contributed by atoms with Crippen molar-refractivity contribution in [1.29, 1.82) is 0 Å². The van der Waals surface area contributed by atoms with Gasteiger partial charge < -0.3 is 33.8 Å². The van der Waals surface area contributed by atoms with Gasteiger partial charge >= 0.3 is 39.5 Å². The largest absolute Gasteiger partial charge is 0.472 e. The third kappa shape index (κ3) is 76.6. The number of ether oxygens (including phenoxy) is 4. The van der Waals surface area contributed by atoms with Crippen LogP contribution in [-0.2, 0) is 65.4 Å². The monoisotopic (exact) mass is 1520 g/mol. The van der Waals surface area contributed by atoms with Crippen LogP contribution in [0.2, 0.25) is 0 Å². The van der Waals surface area contributed by atoms with Crippen LogP contribution in [0.15, 0.2) is 170 Å². The van der Waals surface area contributed by atoms with Crippen LogP contribution in [0.4, 0.5) is 0 Å². The molecular formula is C87H142O17P2. The summed E-state index contributed by atoms with van der Waals surface area (Å²) in [6, 6.07) is 0. The molecule has 0 heterocycles. The maximum Gasteiger partial charge on any atom is 0.472 e. The number of unbranched alkanes of at least 4 members (excludes halogenated alkanes) is 20. The topological polar surface area (TPSA) is 237 Å². The van der Waals surface area contributed by atoms with E-state index in [0.717, 1.165) is 116 Å². The fourth-order valence-corrected chi connectivity index (χ4v) is 11.5. The minimum Gasteiger partial charge on any atom is -0.462 e. The third-order valence-electron chi connectivity index (χ3n) is 16.1. The zero-order valence-electron chi connectivity index (χ0n) is 65.8. The number of aliphatic hydroxyl groups excluding tert-OH is 1. The number of phosphoric acid groups is 2. The van der Waals surface area contributed by atoms with Crippen LogP contribution in [0, 0.1) is 0 Å². The zero-order valence-corrected chi connectivity index (χ0v) is 67.6. The van der Waals surface area contributed by atoms with Crippen molar-refractivity contribution in [3.63, 3.8) is 0 Å². The van der Waals surface area contributed by atoms with Gasteiger partial charge in [0.15, 0.2) is 12.2 Å². The summed E-state index contributed by atoms with van der Waals surface area (Å²) in [6.45, 7) is 4.54. The summed E-state index contributed by atoms with van der Waals surface area (Å²) in [4.78, 5) is 73.0. The third-order valence-corrected chi connectivity index (χ3v) is 18.0. The van der Waals surface area contributed by atoms with E-state index in [9.17, 15) is 43.2 Å². The molecule has 5 atom stereocenters. The van der Waals surface area contributed by atoms with Gasteiger partial charge in [-0.1, -0.05) is 275 Å². The van der Waals surface area contributed by atoms with Crippen LogP contribution < -0.4 is 0 Å². The normalized spacial score (nSPS) is 14.7. The molecule has 106 heavy (non-hydrogen) atoms. The molecule has 17 nitrogen and oxygen atoms in total. The molecule has 0 amide bonds. The summed E-state index contributed by atoms with van der Waals surface area (Å²) in [5.41, 5.74) is 0. The molecule has 602 valence electrons. The molecule has 0 radical (unpaired) electrons. The highest BCUT2D eigenvalue weighted by atomic mass is 31.2. The lowest BCUT2D eigenvalue weighted by Crippen LogP contribution is -2.30. The van der Waals surface area contributed by atoms with E-state index in [2.05, 4.69) is 155 Å². The summed E-state index contributed by atoms with van der Waals surface area (Å²) >= 11 is 0. The molecule has 0 aliphatic rings. The smallest absolute Gasteiger partial charge is 0.462 e. The number of hydrogen-bond acceptors (Lipinski definition) is 15. The summed E-state index contributed by atoms with van der Waals surface area (Å²) in [5.74, 6) is -2.43. The first kappa shape index (κ1) is 100. The predicted molar refractivity (Wildman–Crippen MR) is 436 cm³/mol. The average molecular weight is 1520 g/mol. The van der Waals surface area contributed by atoms with Gasteiger partial charge in [0.05, 0.1) is 26.4 Å². The van der Waals surface area contributed by atoms with Gasteiger partial charge in [0.1, 0.15) is 19.3 Å². The van der Waals surface area contributed by atoms with Gasteiger partial charge in [0, 0.05) is 25.7 Å². The number of carbonyl (C=O) groups is 4. The van der Waals surface area contributed by atoms with E-state index in [0.29, 0.717) is 44.9 Å². The Morgan fingerprint density at radius 1 is 0.264 bits per heavy atom. The van der Waals surface area contributed by atoms with E-state index in [-0.39, 0.29) is 25.7 Å². The van der Waals surface area contributed by atoms with Crippen LogP contribution in [-0.4, -0.2) is 96.7 Å². The Kier molecular flexibility index (Phi) is 73.5. The molecule has 0 aliphatic carbocycles. The van der Waals surface area contributed by atoms with Crippen molar-refractivity contribution in [3.05, 3.63) is 170 Å². The maximum absolute atomic E-state index is 13.1. The first-order valence-electron chi connectivity index (χ1n) is 40.4. The summed E-state index contributed by atoms with van der Waals surface area (Å²) in [5, 5.41) is 10.6. The number of phosphoric ester groups is 2. The molecule has 0 saturated heterocycles. The van der Waals surface area contributed by atoms with Crippen LogP contribution in [0.3, 0.4) is 0 Å². The van der Waals surface area contributed by atoms with Crippen molar-refractivity contribution in [2.75, 3.05) is 39.6 Å². The van der Waals surface area contributed by atoms with E-state index < -0.39 is 97.5 Å². The molecule has 19 heteroatoms. The highest BCUT2D eigenvalue weighted by Gasteiger charge is 2.30. The Hall–Kier alpha value is -5.58. The van der Waals surface area contributed by atoms with E-state index in [1.165, 1.54) is 83.5 Å². The van der Waals surface area contributed by atoms with Gasteiger partial charge in [-0.05, 0) is 167 Å². The van der Waals surface area contributed by atoms with Gasteiger partial charge in [0.25, 0.3) is 0 Å². The number of rotatable bonds is 74. The zero-order chi connectivity index (χ0) is 77.4. The van der Waals surface area contributed by atoms with Crippen molar-refractivity contribution in [2.45, 2.75) is 316 Å². The van der Waals surface area contributed by atoms with E-state index in [1.54, 1.807) is 0 Å². The minimum absolute atomic E-state index is 0.00373. The number of hydrogen-bond donors (Lipinski definition) is 3. The van der Waals surface area contributed by atoms with Crippen LogP contribution >= 0.6 is 15.6 Å². The second kappa shape index (κ2) is 77.6. The number of allylic oxidation sites excluding steroid dienone is 28. The van der Waals surface area contributed by atoms with Gasteiger partial charge in [-0.2, -0.15) is 0 Å². The van der Waals surface area contributed by atoms with E-state index in [4.69, 9.17) is 37.0 Å². The fraction of sp³-hybridized carbons (Fsp3) is 0.632. The Labute approximate surface area is 642 Å². The average Bonchev–Trinajstić information content (AvgIpc) is 0.907. The molecule has 0 saturated carbocycles. The maximum atomic E-state index is 13.1. The first-order valence-corrected chi connectivity index (χ1v) is 43.4. The SMILES string of the molecule is CCCCC/C=C\C/C=C\C/C=C\C/C=C\C/C=C\CCC(=O)OC[C@H](COP(=O)(O)OC[C@@H](O)COP(=O)(O)OC[C@@H](COC(=O)CCC/C=C\C/C=C\C/C=C\C/C=C\CCCCC)OC(=O)CCCCCCC/C=C\CCCCCC)OC(=O)CCC/C=C\C/C=C\C/C=C\C/C=C\CCCCC. The van der Waals surface area contributed by atoms with Gasteiger partial charge in [0.2, 0.25) is 0 Å². The van der Waals surface area contributed by atoms with Crippen molar-refractivity contribution >= 4 is 39.5 Å². The predicted octanol–water partition coefficient (Wildman–Crippen LogP) is 23.8. The lowest BCUT2D eigenvalue weighted by atomic mass is 10.1. The van der Waals surface area contributed by atoms with Crippen LogP contribution in [0.5, 0.6) is 0 Å². The fourth-order valence-electron chi connectivity index (χ4n) is 9.95. The molecule has 0 aromatic rings. The minimum atomic E-state index is -5.02. The molecule has 0 aliphatic heterocycles. The highest BCUT2D eigenvalue weighted by molar-refractivity contribution is 7.47. The van der Waals surface area contributed by atoms with Crippen molar-refractivity contribution in [2.24, 2.45) is 0 Å². The Morgan fingerprint density at radius 2 is 0.491 bits per heavy atom. The standard InChI is InChI=1S/C87H142O17P2/c1-5-9-13-17-21-25-29-33-36-39-40-43-45-49-52-56-60-64-68-72-85(90)98-78-83(104-87(92)74-70-66-62-58-54-50-46-42-38-35-31-27-23-19-15-11-7-3)80-102-106(95,96)100-76-81(88)75-99-105(93,94)101-79-82(103-86(91)73-69-65-61-57-53-47-32-28-24-20-16-12-8-4)77-97-84(89)71-67-63-59-55-51-48-44-41-37-34-30-26-22-18-14-10-6-2/h21-23,25-28,32-38,40,43-44,46,48-50,52,55,58-60,62,64,81-83,88H,5-20,24,29-31,39,41-42,45,47,51,53-54,56-57,61,63,65-80H2,1-4H3,(H,93,94)(H,95,96)/b25-21-,26-22-,27-23-,32-28-,36-33-,37-34-,38-35-,43-40-,48-44-,50-46-,52-49-,59-55-,62-58-,64-60-/t81-,82+,83+/m0/s1. The molecule has 0 bridgehead atoms. The summed E-state index contributed by atoms with van der Waals surface area (Å²) in [7, 11) is -10.0. The molecule has 2 unspecified atom stereocenters. The quantitative estimate of drug-likeness (QED) is 0.0169. The van der Waals surface area contributed by atoms with E-state index in [1.807, 2.05) is 42.5 Å². The molecule has 0 aromatic heterocycles. The van der Waals surface area contributed by atoms with Gasteiger partial charge in [-0.15, -0.1) is 0 Å². The summed E-state index contributed by atoms with van der Waals surface area (Å²) in [6.07, 6.45) is 92.2. The first-order chi connectivity index (χ1) is 51.7. The van der Waals surface area contributed by atoms with Crippen molar-refractivity contribution < 1.29 is 80.2 Å². The van der Waals surface area contributed by atoms with Crippen LogP contribution in [0.25, 0.3) is 0 Å². The molecule has 0 fully saturated rings. The number of esters is 4. The lowest BCUT2D eigenvalue weighted by Gasteiger charge is -2.21. The Balaban J connectivity index is 5.54. The molecule has 3 N–H and O–H groups in total. The molecular weight excluding hydrogens is 1380 g/mol. The lowest BCUT2D eigenvalue weighted by molar-refractivity contribution is -0.161. The van der Waals surface area contributed by atoms with Gasteiger partial charge in [-0.3, -0.25) is 37.3 Å². The Bertz CT molecular complexity index is 2680.